The molecule has 114 valence electrons. The number of aromatic hydroxyl groups is 1. The zero-order chi connectivity index (χ0) is 16.6. The molecule has 0 bridgehead atoms. The molecule has 0 saturated carbocycles. The summed E-state index contributed by atoms with van der Waals surface area (Å²) in [5.41, 5.74) is 1.07. The molecule has 0 radical (unpaired) electrons. The third kappa shape index (κ3) is 2.45. The average molecular weight is 372 g/mol. The van der Waals surface area contributed by atoms with Crippen molar-refractivity contribution in [1.82, 2.24) is 19.7 Å². The zero-order valence-corrected chi connectivity index (χ0v) is 13.6. The van der Waals surface area contributed by atoms with Crippen molar-refractivity contribution in [3.63, 3.8) is 0 Å². The number of carbonyl (C=O) groups is 1. The molecule has 1 N–H and O–H groups in total. The maximum Gasteiger partial charge on any atom is 0.211 e. The molecule has 0 unspecified atom stereocenters. The molecule has 0 atom stereocenters. The first-order chi connectivity index (χ1) is 11.1. The number of phenols is 1. The van der Waals surface area contributed by atoms with Gasteiger partial charge in [0.15, 0.2) is 5.65 Å². The summed E-state index contributed by atoms with van der Waals surface area (Å²) in [5, 5.41) is 23.7. The third-order valence-electron chi connectivity index (χ3n) is 3.38. The van der Waals surface area contributed by atoms with Gasteiger partial charge >= 0.3 is 0 Å². The number of carbonyl (C=O) groups excluding carboxylic acids is 1. The predicted molar refractivity (Wildman–Crippen MR) is 85.0 cm³/mol. The Kier molecular flexibility index (Phi) is 3.80. The first kappa shape index (κ1) is 15.1. The van der Waals surface area contributed by atoms with Crippen LogP contribution >= 0.6 is 15.9 Å². The highest BCUT2D eigenvalue weighted by Gasteiger charge is 2.22. The van der Waals surface area contributed by atoms with Gasteiger partial charge in [0.25, 0.3) is 0 Å². The van der Waals surface area contributed by atoms with Crippen molar-refractivity contribution < 1.29 is 9.90 Å². The molecule has 0 fully saturated rings. The summed E-state index contributed by atoms with van der Waals surface area (Å²) in [6, 6.07) is 4.69. The van der Waals surface area contributed by atoms with E-state index < -0.39 is 0 Å². The summed E-state index contributed by atoms with van der Waals surface area (Å²) in [6.07, 6.45) is 2.91. The minimum Gasteiger partial charge on any atom is -0.505 e. The second-order valence-electron chi connectivity index (χ2n) is 4.72. The van der Waals surface area contributed by atoms with Crippen LogP contribution in [0.2, 0.25) is 0 Å². The number of aromatic nitrogens is 4. The Morgan fingerprint density at radius 3 is 2.96 bits per heavy atom. The van der Waals surface area contributed by atoms with Crippen LogP contribution in [-0.2, 0) is 6.54 Å². The fourth-order valence-electron chi connectivity index (χ4n) is 2.29. The van der Waals surface area contributed by atoms with Crippen molar-refractivity contribution in [2.24, 2.45) is 0 Å². The van der Waals surface area contributed by atoms with Gasteiger partial charge in [0.1, 0.15) is 23.8 Å². The number of rotatable bonds is 3. The lowest BCUT2D eigenvalue weighted by atomic mass is 10.0. The molecule has 0 aliphatic heterocycles. The maximum atomic E-state index is 12.9. The summed E-state index contributed by atoms with van der Waals surface area (Å²) in [4.78, 5) is 20.9. The minimum atomic E-state index is -0.318. The van der Waals surface area contributed by atoms with Gasteiger partial charge in [0.2, 0.25) is 5.78 Å². The molecular weight excluding hydrogens is 362 g/mol. The second-order valence-corrected chi connectivity index (χ2v) is 5.57. The van der Waals surface area contributed by atoms with E-state index in [0.717, 1.165) is 0 Å². The van der Waals surface area contributed by atoms with Crippen molar-refractivity contribution in [3.8, 4) is 11.8 Å². The molecular formula is C15H10BrN5O2. The molecule has 0 amide bonds. The lowest BCUT2D eigenvalue weighted by molar-refractivity contribution is 0.103. The number of nitrogens with zero attached hydrogens (tertiary/aromatic N) is 5. The van der Waals surface area contributed by atoms with Crippen LogP contribution in [0.15, 0.2) is 29.1 Å². The van der Waals surface area contributed by atoms with Crippen LogP contribution in [0, 0.1) is 11.3 Å². The van der Waals surface area contributed by atoms with Gasteiger partial charge in [-0.05, 0) is 35.0 Å². The first-order valence-corrected chi connectivity index (χ1v) is 7.50. The van der Waals surface area contributed by atoms with Gasteiger partial charge in [-0.3, -0.25) is 9.48 Å². The summed E-state index contributed by atoms with van der Waals surface area (Å²) in [6.45, 7) is 2.35. The van der Waals surface area contributed by atoms with E-state index in [1.54, 1.807) is 4.68 Å². The summed E-state index contributed by atoms with van der Waals surface area (Å²) in [5.74, 6) is -0.511. The summed E-state index contributed by atoms with van der Waals surface area (Å²) >= 11 is 3.15. The van der Waals surface area contributed by atoms with Crippen LogP contribution in [0.3, 0.4) is 0 Å². The van der Waals surface area contributed by atoms with Crippen molar-refractivity contribution in [3.05, 3.63) is 46.0 Å². The molecule has 0 aliphatic rings. The van der Waals surface area contributed by atoms with Gasteiger partial charge in [-0.15, -0.1) is 0 Å². The fourth-order valence-corrected chi connectivity index (χ4v) is 2.75. The third-order valence-corrected chi connectivity index (χ3v) is 3.99. The molecule has 1 aromatic carbocycles. The number of halogens is 1. The maximum absolute atomic E-state index is 12.9. The normalized spacial score (nSPS) is 10.7. The van der Waals surface area contributed by atoms with Gasteiger partial charge in [-0.1, -0.05) is 0 Å². The Hall–Kier alpha value is -2.79. The quantitative estimate of drug-likeness (QED) is 0.708. The number of hydrogen-bond donors (Lipinski definition) is 1. The highest BCUT2D eigenvalue weighted by molar-refractivity contribution is 9.10. The highest BCUT2D eigenvalue weighted by atomic mass is 79.9. The fraction of sp³-hybridized carbons (Fsp3) is 0.133. The Morgan fingerprint density at radius 1 is 1.48 bits per heavy atom. The second kappa shape index (κ2) is 5.78. The number of fused-ring (bicyclic) bond motifs is 1. The van der Waals surface area contributed by atoms with Crippen molar-refractivity contribution in [1.29, 1.82) is 5.26 Å². The smallest absolute Gasteiger partial charge is 0.211 e. The van der Waals surface area contributed by atoms with Crippen molar-refractivity contribution in [2.75, 3.05) is 0 Å². The molecule has 7 nitrogen and oxygen atoms in total. The molecule has 2 aromatic heterocycles. The average Bonchev–Trinajstić information content (AvgIpc) is 2.95. The van der Waals surface area contributed by atoms with E-state index in [9.17, 15) is 9.90 Å². The van der Waals surface area contributed by atoms with E-state index >= 15 is 0 Å². The number of aryl methyl sites for hydroxylation is 1. The van der Waals surface area contributed by atoms with Crippen LogP contribution < -0.4 is 0 Å². The zero-order valence-electron chi connectivity index (χ0n) is 12.0. The van der Waals surface area contributed by atoms with Crippen molar-refractivity contribution in [2.45, 2.75) is 13.5 Å². The van der Waals surface area contributed by atoms with E-state index in [-0.39, 0.29) is 27.1 Å². The SMILES string of the molecule is CCn1nc2ncncc2c1C(=O)c1cc(Br)c(O)c(C#N)c1. The molecule has 3 rings (SSSR count). The number of ketones is 1. The minimum absolute atomic E-state index is 0.0193. The highest BCUT2D eigenvalue weighted by Crippen LogP contribution is 2.30. The van der Waals surface area contributed by atoms with Crippen LogP contribution in [0.1, 0.15) is 28.5 Å². The van der Waals surface area contributed by atoms with Gasteiger partial charge in [-0.2, -0.15) is 10.4 Å². The van der Waals surface area contributed by atoms with Crippen LogP contribution in [-0.4, -0.2) is 30.6 Å². The van der Waals surface area contributed by atoms with E-state index in [1.165, 1.54) is 24.7 Å². The van der Waals surface area contributed by atoms with Gasteiger partial charge in [-0.25, -0.2) is 9.97 Å². The monoisotopic (exact) mass is 371 g/mol. The number of hydrogen-bond acceptors (Lipinski definition) is 6. The Morgan fingerprint density at radius 2 is 2.26 bits per heavy atom. The molecule has 23 heavy (non-hydrogen) atoms. The van der Waals surface area contributed by atoms with Gasteiger partial charge in [0.05, 0.1) is 15.4 Å². The van der Waals surface area contributed by atoms with Crippen LogP contribution in [0.5, 0.6) is 5.75 Å². The Labute approximate surface area is 139 Å². The Balaban J connectivity index is 2.22. The van der Waals surface area contributed by atoms with E-state index in [1.807, 2.05) is 13.0 Å². The number of benzene rings is 1. The topological polar surface area (TPSA) is 105 Å². The largest absolute Gasteiger partial charge is 0.505 e. The molecule has 0 aliphatic carbocycles. The summed E-state index contributed by atoms with van der Waals surface area (Å²) < 4.78 is 1.83. The Bertz CT molecular complexity index is 974. The standard InChI is InChI=1S/C15H10BrN5O2/c1-2-21-12(10-6-18-7-19-15(10)20-21)14(23)8-3-9(5-17)13(22)11(16)4-8/h3-4,6-7,22H,2H2,1H3. The van der Waals surface area contributed by atoms with Crippen LogP contribution in [0.25, 0.3) is 11.0 Å². The molecule has 0 spiro atoms. The summed E-state index contributed by atoms with van der Waals surface area (Å²) in [7, 11) is 0. The van der Waals surface area contributed by atoms with E-state index in [0.29, 0.717) is 23.3 Å². The lowest BCUT2D eigenvalue weighted by Gasteiger charge is -2.07. The van der Waals surface area contributed by atoms with Crippen molar-refractivity contribution >= 4 is 32.7 Å². The molecule has 0 saturated heterocycles. The predicted octanol–water partition coefficient (Wildman–Crippen LogP) is 2.42. The lowest BCUT2D eigenvalue weighted by Crippen LogP contribution is -2.11. The van der Waals surface area contributed by atoms with Gasteiger partial charge < -0.3 is 5.11 Å². The number of nitriles is 1. The first-order valence-electron chi connectivity index (χ1n) is 6.70. The molecule has 3 aromatic rings. The molecule has 8 heteroatoms. The van der Waals surface area contributed by atoms with Gasteiger partial charge in [0, 0.05) is 18.3 Å². The number of phenolic OH excluding ortho intramolecular Hbond substituents is 1. The van der Waals surface area contributed by atoms with E-state index in [2.05, 4.69) is 31.0 Å². The molecule has 2 heterocycles. The van der Waals surface area contributed by atoms with E-state index in [4.69, 9.17) is 5.26 Å². The van der Waals surface area contributed by atoms with Crippen LogP contribution in [0.4, 0.5) is 0 Å².